The molecule has 2 nitrogen and oxygen atoms in total. The van der Waals surface area contributed by atoms with Gasteiger partial charge in [-0.1, -0.05) is 66.1 Å². The molecule has 0 aliphatic rings. The summed E-state index contributed by atoms with van der Waals surface area (Å²) < 4.78 is 0. The lowest BCUT2D eigenvalue weighted by molar-refractivity contribution is 0.132. The average Bonchev–Trinajstić information content (AvgIpc) is 2.46. The van der Waals surface area contributed by atoms with Crippen LogP contribution in [0.1, 0.15) is 23.6 Å². The van der Waals surface area contributed by atoms with Gasteiger partial charge in [-0.2, -0.15) is 0 Å². The molecule has 0 saturated carbocycles. The van der Waals surface area contributed by atoms with E-state index in [4.69, 9.17) is 16.4 Å². The van der Waals surface area contributed by atoms with Crippen LogP contribution in [0.15, 0.2) is 53.7 Å². The summed E-state index contributed by atoms with van der Waals surface area (Å²) in [6.07, 6.45) is 2.68. The van der Waals surface area contributed by atoms with Crippen LogP contribution in [0.2, 0.25) is 5.02 Å². The number of rotatable bonds is 5. The van der Waals surface area contributed by atoms with Gasteiger partial charge in [-0.3, -0.25) is 0 Å². The van der Waals surface area contributed by atoms with E-state index >= 15 is 0 Å². The van der Waals surface area contributed by atoms with E-state index in [0.717, 1.165) is 17.5 Å². The van der Waals surface area contributed by atoms with Gasteiger partial charge in [0.2, 0.25) is 0 Å². The minimum Gasteiger partial charge on any atom is -0.391 e. The van der Waals surface area contributed by atoms with Gasteiger partial charge in [0, 0.05) is 10.6 Å². The van der Waals surface area contributed by atoms with E-state index in [2.05, 4.69) is 36.3 Å². The van der Waals surface area contributed by atoms with Crippen molar-refractivity contribution in [3.05, 3.63) is 70.2 Å². The second-order valence-corrected chi connectivity index (χ2v) is 4.61. The zero-order valence-electron chi connectivity index (χ0n) is 10.8. The maximum Gasteiger partial charge on any atom is 0.142 e. The molecule has 2 aromatic rings. The van der Waals surface area contributed by atoms with Crippen LogP contribution in [-0.2, 0) is 17.9 Å². The van der Waals surface area contributed by atoms with Crippen LogP contribution in [0.5, 0.6) is 0 Å². The number of hydrogen-bond donors (Lipinski definition) is 0. The number of aryl methyl sites for hydroxylation is 1. The Bertz CT molecular complexity index is 549. The minimum absolute atomic E-state index is 0.463. The first kappa shape index (κ1) is 13.6. The van der Waals surface area contributed by atoms with Crippen molar-refractivity contribution in [3.63, 3.8) is 0 Å². The van der Waals surface area contributed by atoms with Crippen molar-refractivity contribution in [1.29, 1.82) is 0 Å². The van der Waals surface area contributed by atoms with E-state index < -0.39 is 0 Å². The van der Waals surface area contributed by atoms with E-state index in [9.17, 15) is 0 Å². The summed E-state index contributed by atoms with van der Waals surface area (Å²) in [6.45, 7) is 2.60. The molecule has 98 valence electrons. The Morgan fingerprint density at radius 3 is 2.42 bits per heavy atom. The molecule has 0 N–H and O–H groups in total. The molecule has 0 atom stereocenters. The zero-order chi connectivity index (χ0) is 13.5. The van der Waals surface area contributed by atoms with E-state index in [1.807, 2.05) is 24.3 Å². The molecule has 0 spiro atoms. The lowest BCUT2D eigenvalue weighted by atomic mass is 10.1. The first-order chi connectivity index (χ1) is 9.29. The maximum atomic E-state index is 6.01. The molecule has 3 heteroatoms. The first-order valence-electron chi connectivity index (χ1n) is 6.27. The number of benzene rings is 2. The summed E-state index contributed by atoms with van der Waals surface area (Å²) in [6, 6.07) is 15.9. The van der Waals surface area contributed by atoms with E-state index in [0.29, 0.717) is 11.6 Å². The van der Waals surface area contributed by atoms with Crippen LogP contribution >= 0.6 is 11.6 Å². The predicted molar refractivity (Wildman–Crippen MR) is 79.7 cm³/mol. The molecule has 0 amide bonds. The first-order valence-corrected chi connectivity index (χ1v) is 6.65. The molecule has 0 bridgehead atoms. The molecular formula is C16H16ClNO. The smallest absolute Gasteiger partial charge is 0.142 e. The molecule has 0 radical (unpaired) electrons. The van der Waals surface area contributed by atoms with Gasteiger partial charge >= 0.3 is 0 Å². The molecule has 0 aliphatic heterocycles. The Balaban J connectivity index is 1.87. The van der Waals surface area contributed by atoms with E-state index in [-0.39, 0.29) is 0 Å². The van der Waals surface area contributed by atoms with Gasteiger partial charge in [0.1, 0.15) is 6.61 Å². The molecule has 0 fully saturated rings. The molecule has 2 aromatic carbocycles. The second kappa shape index (κ2) is 6.95. The number of oxime groups is 1. The average molecular weight is 274 g/mol. The SMILES string of the molecule is CCc1ccc(CON=Cc2ccccc2Cl)cc1. The summed E-state index contributed by atoms with van der Waals surface area (Å²) >= 11 is 6.01. The number of hydrogen-bond acceptors (Lipinski definition) is 2. The van der Waals surface area contributed by atoms with Gasteiger partial charge in [-0.15, -0.1) is 0 Å². The second-order valence-electron chi connectivity index (χ2n) is 4.20. The molecule has 0 heterocycles. The molecular weight excluding hydrogens is 258 g/mol. The highest BCUT2D eigenvalue weighted by Crippen LogP contribution is 2.12. The molecule has 0 aromatic heterocycles. The van der Waals surface area contributed by atoms with Crippen LogP contribution in [0.3, 0.4) is 0 Å². The van der Waals surface area contributed by atoms with Crippen molar-refractivity contribution < 1.29 is 4.84 Å². The van der Waals surface area contributed by atoms with Crippen LogP contribution in [-0.4, -0.2) is 6.21 Å². The van der Waals surface area contributed by atoms with Crippen LogP contribution < -0.4 is 0 Å². The van der Waals surface area contributed by atoms with Crippen molar-refractivity contribution in [2.24, 2.45) is 5.16 Å². The van der Waals surface area contributed by atoms with Crippen molar-refractivity contribution in [3.8, 4) is 0 Å². The summed E-state index contributed by atoms with van der Waals surface area (Å²) in [5.74, 6) is 0. The third-order valence-corrected chi connectivity index (χ3v) is 3.18. The zero-order valence-corrected chi connectivity index (χ0v) is 11.6. The van der Waals surface area contributed by atoms with Crippen LogP contribution in [0.25, 0.3) is 0 Å². The Morgan fingerprint density at radius 1 is 1.05 bits per heavy atom. The third kappa shape index (κ3) is 4.11. The molecule has 19 heavy (non-hydrogen) atoms. The molecule has 0 saturated heterocycles. The van der Waals surface area contributed by atoms with Gasteiger partial charge in [0.25, 0.3) is 0 Å². The Labute approximate surface area is 118 Å². The van der Waals surface area contributed by atoms with Gasteiger partial charge in [-0.25, -0.2) is 0 Å². The summed E-state index contributed by atoms with van der Waals surface area (Å²) in [5.41, 5.74) is 3.28. The van der Waals surface area contributed by atoms with Crippen LogP contribution in [0, 0.1) is 0 Å². The molecule has 0 aliphatic carbocycles. The highest BCUT2D eigenvalue weighted by molar-refractivity contribution is 6.33. The maximum absolute atomic E-state index is 6.01. The lowest BCUT2D eigenvalue weighted by Crippen LogP contribution is -1.89. The quantitative estimate of drug-likeness (QED) is 0.582. The highest BCUT2D eigenvalue weighted by atomic mass is 35.5. The summed E-state index contributed by atoms with van der Waals surface area (Å²) in [4.78, 5) is 5.26. The fraction of sp³-hybridized carbons (Fsp3) is 0.188. The fourth-order valence-corrected chi connectivity index (χ4v) is 1.84. The van der Waals surface area contributed by atoms with E-state index in [1.165, 1.54) is 5.56 Å². The predicted octanol–water partition coefficient (Wildman–Crippen LogP) is 4.45. The summed E-state index contributed by atoms with van der Waals surface area (Å²) in [5, 5.41) is 4.60. The van der Waals surface area contributed by atoms with Crippen molar-refractivity contribution >= 4 is 17.8 Å². The van der Waals surface area contributed by atoms with E-state index in [1.54, 1.807) is 6.21 Å². The van der Waals surface area contributed by atoms with Crippen molar-refractivity contribution in [1.82, 2.24) is 0 Å². The van der Waals surface area contributed by atoms with Gasteiger partial charge < -0.3 is 4.84 Å². The lowest BCUT2D eigenvalue weighted by Gasteiger charge is -2.01. The Hall–Kier alpha value is -1.80. The fourth-order valence-electron chi connectivity index (χ4n) is 1.66. The Morgan fingerprint density at radius 2 is 1.74 bits per heavy atom. The highest BCUT2D eigenvalue weighted by Gasteiger charge is 1.95. The molecule has 2 rings (SSSR count). The van der Waals surface area contributed by atoms with Crippen molar-refractivity contribution in [2.75, 3.05) is 0 Å². The number of halogens is 1. The third-order valence-electron chi connectivity index (χ3n) is 2.83. The minimum atomic E-state index is 0.463. The van der Waals surface area contributed by atoms with Crippen LogP contribution in [0.4, 0.5) is 0 Å². The standard InChI is InChI=1S/C16H16ClNO/c1-2-13-7-9-14(10-8-13)12-19-18-11-15-5-3-4-6-16(15)17/h3-11H,2,12H2,1H3. The monoisotopic (exact) mass is 273 g/mol. The Kier molecular flexibility index (Phi) is 4.99. The van der Waals surface area contributed by atoms with Gasteiger partial charge in [-0.05, 0) is 23.6 Å². The number of nitrogens with zero attached hydrogens (tertiary/aromatic N) is 1. The topological polar surface area (TPSA) is 21.6 Å². The van der Waals surface area contributed by atoms with Gasteiger partial charge in [0.15, 0.2) is 0 Å². The normalized spacial score (nSPS) is 10.8. The summed E-state index contributed by atoms with van der Waals surface area (Å²) in [7, 11) is 0. The van der Waals surface area contributed by atoms with Gasteiger partial charge in [0.05, 0.1) is 6.21 Å². The van der Waals surface area contributed by atoms with Crippen molar-refractivity contribution in [2.45, 2.75) is 20.0 Å². The molecule has 0 unspecified atom stereocenters. The largest absolute Gasteiger partial charge is 0.391 e.